The molecule has 82 valence electrons. The first-order chi connectivity index (χ1) is 6.99. The molecule has 0 saturated heterocycles. The highest BCUT2D eigenvalue weighted by Gasteiger charge is 2.20. The number of halogens is 3. The number of nitrogens with two attached hydrogens (primary N) is 1. The normalized spacial score (nSPS) is 10.5. The van der Waals surface area contributed by atoms with E-state index in [0.717, 1.165) is 6.20 Å². The van der Waals surface area contributed by atoms with E-state index in [1.165, 1.54) is 7.11 Å². The molecule has 0 atom stereocenters. The second-order valence-corrected chi connectivity index (χ2v) is 3.66. The minimum atomic E-state index is -2.71. The molecule has 0 fully saturated rings. The summed E-state index contributed by atoms with van der Waals surface area (Å²) in [7, 11) is 1.18. The number of rotatable bonds is 2. The smallest absolute Gasteiger partial charge is 0.357 e. The second-order valence-electron chi connectivity index (χ2n) is 2.58. The Bertz CT molecular complexity index is 398. The van der Waals surface area contributed by atoms with Crippen molar-refractivity contribution >= 4 is 34.2 Å². The first-order valence-corrected chi connectivity index (χ1v) is 4.87. The Balaban J connectivity index is 3.27. The standard InChI is InChI=1S/C8H7F2IN2O2/c1-15-8(14)6-4(11)5(12)3(2-13-6)7(9)10/h2,7H,1H3,(H2,12,13). The highest BCUT2D eigenvalue weighted by Crippen LogP contribution is 2.29. The van der Waals surface area contributed by atoms with Gasteiger partial charge in [0.05, 0.1) is 21.9 Å². The number of hydrogen-bond acceptors (Lipinski definition) is 4. The monoisotopic (exact) mass is 328 g/mol. The van der Waals surface area contributed by atoms with Crippen molar-refractivity contribution in [2.24, 2.45) is 0 Å². The third-order valence-corrected chi connectivity index (χ3v) is 2.79. The lowest BCUT2D eigenvalue weighted by Gasteiger charge is -2.08. The number of esters is 1. The Kier molecular flexibility index (Phi) is 3.77. The van der Waals surface area contributed by atoms with E-state index >= 15 is 0 Å². The highest BCUT2D eigenvalue weighted by atomic mass is 127. The van der Waals surface area contributed by atoms with Gasteiger partial charge in [-0.2, -0.15) is 0 Å². The Morgan fingerprint density at radius 1 is 1.67 bits per heavy atom. The molecule has 0 aliphatic heterocycles. The lowest BCUT2D eigenvalue weighted by atomic mass is 10.2. The molecule has 2 N–H and O–H groups in total. The van der Waals surface area contributed by atoms with Crippen LogP contribution in [0.1, 0.15) is 22.5 Å². The average Bonchev–Trinajstić information content (AvgIpc) is 2.20. The molecule has 1 rings (SSSR count). The van der Waals surface area contributed by atoms with E-state index in [-0.39, 0.29) is 20.5 Å². The summed E-state index contributed by atoms with van der Waals surface area (Å²) in [6, 6.07) is 0. The highest BCUT2D eigenvalue weighted by molar-refractivity contribution is 14.1. The molecule has 15 heavy (non-hydrogen) atoms. The number of anilines is 1. The minimum absolute atomic E-state index is 0.0556. The Labute approximate surface area is 98.0 Å². The molecule has 7 heteroatoms. The maximum Gasteiger partial charge on any atom is 0.357 e. The number of alkyl halides is 2. The Morgan fingerprint density at radius 2 is 2.27 bits per heavy atom. The minimum Gasteiger partial charge on any atom is -0.464 e. The molecule has 0 spiro atoms. The van der Waals surface area contributed by atoms with E-state index in [0.29, 0.717) is 0 Å². The molecule has 0 bridgehead atoms. The van der Waals surface area contributed by atoms with Gasteiger partial charge in [-0.1, -0.05) is 0 Å². The lowest BCUT2D eigenvalue weighted by Crippen LogP contribution is -2.11. The second kappa shape index (κ2) is 4.69. The third-order valence-electron chi connectivity index (χ3n) is 1.70. The van der Waals surface area contributed by atoms with Crippen LogP contribution < -0.4 is 5.73 Å². The summed E-state index contributed by atoms with van der Waals surface area (Å²) >= 11 is 1.68. The van der Waals surface area contributed by atoms with Gasteiger partial charge in [0.1, 0.15) is 0 Å². The van der Waals surface area contributed by atoms with Gasteiger partial charge in [-0.25, -0.2) is 18.6 Å². The van der Waals surface area contributed by atoms with Gasteiger partial charge in [-0.3, -0.25) is 0 Å². The zero-order chi connectivity index (χ0) is 11.6. The number of carbonyl (C=O) groups is 1. The molecule has 1 aromatic heterocycles. The molecule has 0 aliphatic carbocycles. The first kappa shape index (κ1) is 12.1. The van der Waals surface area contributed by atoms with Crippen LogP contribution in [0.4, 0.5) is 14.5 Å². The van der Waals surface area contributed by atoms with Gasteiger partial charge < -0.3 is 10.5 Å². The largest absolute Gasteiger partial charge is 0.464 e. The molecule has 0 aromatic carbocycles. The van der Waals surface area contributed by atoms with Gasteiger partial charge >= 0.3 is 5.97 Å². The summed E-state index contributed by atoms with van der Waals surface area (Å²) < 4.78 is 29.4. The van der Waals surface area contributed by atoms with Crippen molar-refractivity contribution in [2.75, 3.05) is 12.8 Å². The van der Waals surface area contributed by atoms with Crippen LogP contribution in [0.5, 0.6) is 0 Å². The van der Waals surface area contributed by atoms with Crippen LogP contribution in [-0.4, -0.2) is 18.1 Å². The summed E-state index contributed by atoms with van der Waals surface area (Å²) in [6.45, 7) is 0. The van der Waals surface area contributed by atoms with E-state index in [9.17, 15) is 13.6 Å². The molecular weight excluding hydrogens is 321 g/mol. The van der Waals surface area contributed by atoms with Crippen LogP contribution in [-0.2, 0) is 4.74 Å². The maximum atomic E-state index is 12.4. The van der Waals surface area contributed by atoms with E-state index in [4.69, 9.17) is 5.73 Å². The van der Waals surface area contributed by atoms with Crippen molar-refractivity contribution in [2.45, 2.75) is 6.43 Å². The quantitative estimate of drug-likeness (QED) is 0.666. The number of pyridine rings is 1. The topological polar surface area (TPSA) is 65.2 Å². The number of methoxy groups -OCH3 is 1. The SMILES string of the molecule is COC(=O)c1ncc(C(F)F)c(N)c1I. The summed E-state index contributed by atoms with van der Waals surface area (Å²) in [5, 5.41) is 0. The molecular formula is C8H7F2IN2O2. The Hall–Kier alpha value is -0.990. The van der Waals surface area contributed by atoms with Crippen molar-refractivity contribution < 1.29 is 18.3 Å². The summed E-state index contributed by atoms with van der Waals surface area (Å²) in [5.41, 5.74) is 4.87. The molecule has 0 amide bonds. The van der Waals surface area contributed by atoms with Crippen molar-refractivity contribution in [3.63, 3.8) is 0 Å². The lowest BCUT2D eigenvalue weighted by molar-refractivity contribution is 0.0592. The fraction of sp³-hybridized carbons (Fsp3) is 0.250. The van der Waals surface area contributed by atoms with Gasteiger partial charge in [-0.15, -0.1) is 0 Å². The van der Waals surface area contributed by atoms with Gasteiger partial charge in [0.15, 0.2) is 5.69 Å². The van der Waals surface area contributed by atoms with E-state index in [1.807, 2.05) is 0 Å². The van der Waals surface area contributed by atoms with Gasteiger partial charge in [0.25, 0.3) is 6.43 Å². The number of hydrogen-bond donors (Lipinski definition) is 1. The van der Waals surface area contributed by atoms with Crippen molar-refractivity contribution in [1.29, 1.82) is 0 Å². The first-order valence-electron chi connectivity index (χ1n) is 3.79. The van der Waals surface area contributed by atoms with Gasteiger partial charge in [0, 0.05) is 6.20 Å². The van der Waals surface area contributed by atoms with Crippen LogP contribution in [0.25, 0.3) is 0 Å². The molecule has 0 radical (unpaired) electrons. The average molecular weight is 328 g/mol. The zero-order valence-corrected chi connectivity index (χ0v) is 9.79. The molecule has 4 nitrogen and oxygen atoms in total. The van der Waals surface area contributed by atoms with Crippen molar-refractivity contribution in [1.82, 2.24) is 4.98 Å². The van der Waals surface area contributed by atoms with Crippen LogP contribution in [0.3, 0.4) is 0 Å². The molecule has 1 aromatic rings. The van der Waals surface area contributed by atoms with Crippen molar-refractivity contribution in [3.05, 3.63) is 21.0 Å². The van der Waals surface area contributed by atoms with Crippen LogP contribution in [0.15, 0.2) is 6.20 Å². The Morgan fingerprint density at radius 3 is 2.73 bits per heavy atom. The predicted octanol–water partition coefficient (Wildman–Crippen LogP) is 1.99. The van der Waals surface area contributed by atoms with Gasteiger partial charge in [0.2, 0.25) is 0 Å². The molecule has 1 heterocycles. The van der Waals surface area contributed by atoms with Gasteiger partial charge in [-0.05, 0) is 22.6 Å². The number of ether oxygens (including phenoxy) is 1. The maximum absolute atomic E-state index is 12.4. The fourth-order valence-electron chi connectivity index (χ4n) is 0.927. The molecule has 0 saturated carbocycles. The summed E-state index contributed by atoms with van der Waals surface area (Å²) in [5.74, 6) is -0.702. The van der Waals surface area contributed by atoms with E-state index in [2.05, 4.69) is 9.72 Å². The van der Waals surface area contributed by atoms with Crippen LogP contribution >= 0.6 is 22.6 Å². The number of nitrogens with zero attached hydrogens (tertiary/aromatic N) is 1. The number of nitrogen functional groups attached to an aromatic ring is 1. The molecule has 0 aliphatic rings. The fourth-order valence-corrected chi connectivity index (χ4v) is 1.60. The van der Waals surface area contributed by atoms with Crippen LogP contribution in [0.2, 0.25) is 0 Å². The zero-order valence-electron chi connectivity index (χ0n) is 7.63. The third kappa shape index (κ3) is 2.33. The van der Waals surface area contributed by atoms with Crippen molar-refractivity contribution in [3.8, 4) is 0 Å². The van der Waals surface area contributed by atoms with E-state index < -0.39 is 12.4 Å². The summed E-state index contributed by atoms with van der Waals surface area (Å²) in [4.78, 5) is 14.7. The summed E-state index contributed by atoms with van der Waals surface area (Å²) in [6.07, 6.45) is -1.83. The number of aromatic nitrogens is 1. The van der Waals surface area contributed by atoms with E-state index in [1.54, 1.807) is 22.6 Å². The number of carbonyl (C=O) groups excluding carboxylic acids is 1. The van der Waals surface area contributed by atoms with Crippen LogP contribution in [0, 0.1) is 3.57 Å². The predicted molar refractivity (Wildman–Crippen MR) is 57.7 cm³/mol. The molecule has 0 unspecified atom stereocenters.